The Morgan fingerprint density at radius 2 is 1.50 bits per heavy atom. The topological polar surface area (TPSA) is 219 Å². The summed E-state index contributed by atoms with van der Waals surface area (Å²) in [4.78, 5) is 103. The van der Waals surface area contributed by atoms with Gasteiger partial charge in [0.25, 0.3) is 0 Å². The number of aliphatic hydroxyl groups excluding tert-OH is 1. The summed E-state index contributed by atoms with van der Waals surface area (Å²) in [6.07, 6.45) is 5.63. The summed E-state index contributed by atoms with van der Waals surface area (Å²) in [7, 11) is 8.39. The number of aliphatic hydroxyl groups is 1. The second kappa shape index (κ2) is 30.3. The van der Waals surface area contributed by atoms with Crippen molar-refractivity contribution >= 4 is 47.1 Å². The molecule has 2 aliphatic heterocycles. The molecule has 0 aromatic heterocycles. The van der Waals surface area contributed by atoms with Gasteiger partial charge in [-0.25, -0.2) is 4.79 Å². The monoisotopic (exact) mass is 1060 g/mol. The van der Waals surface area contributed by atoms with Gasteiger partial charge >= 0.3 is 5.97 Å². The first-order valence-electron chi connectivity index (χ1n) is 27.3. The zero-order valence-electron chi connectivity index (χ0n) is 47.3. The molecule has 2 aromatic rings. The molecule has 18 nitrogen and oxygen atoms in total. The van der Waals surface area contributed by atoms with Gasteiger partial charge in [0.2, 0.25) is 35.4 Å². The number of ether oxygens (including phenoxy) is 2. The Balaban J connectivity index is 1.37. The van der Waals surface area contributed by atoms with Crippen molar-refractivity contribution in [3.8, 4) is 0 Å². The highest BCUT2D eigenvalue weighted by Crippen LogP contribution is 2.30. The van der Waals surface area contributed by atoms with Gasteiger partial charge in [-0.2, -0.15) is 0 Å². The minimum absolute atomic E-state index is 0.0141. The maximum Gasteiger partial charge on any atom is 0.326 e. The number of benzene rings is 2. The molecule has 0 bridgehead atoms. The molecule has 18 heteroatoms. The molecule has 0 aliphatic carbocycles. The van der Waals surface area contributed by atoms with Crippen molar-refractivity contribution in [2.24, 2.45) is 23.7 Å². The molecule has 10 atom stereocenters. The highest BCUT2D eigenvalue weighted by atomic mass is 16.5. The largest absolute Gasteiger partial charge is 0.480 e. The molecule has 1 fully saturated rings. The van der Waals surface area contributed by atoms with Gasteiger partial charge in [0, 0.05) is 72.6 Å². The van der Waals surface area contributed by atoms with Gasteiger partial charge in [0.1, 0.15) is 18.3 Å². The van der Waals surface area contributed by atoms with E-state index >= 15 is 0 Å². The minimum Gasteiger partial charge on any atom is -0.480 e. The van der Waals surface area contributed by atoms with E-state index in [0.717, 1.165) is 23.2 Å². The standard InChI is InChI=1S/C58H89N7O11/c1-13-39(6)53(46(75-11)36-50(69)64-33-20-23-45(64)54(76-12)40(7)55(70)59-44(58(73)74)35-42-21-16-14-17-22-42)63(10)57(72)51(37(2)3)60-56(71)52(38(4)5)61(8)34-31-41-25-27-43(28-26-41)62(9)47(66)24-18-15-19-32-65-48(67)29-30-49(65)68/h14,16-17,21-22,25-30,37-40,44-46,48,51-54,67H,13,15,18-20,23-24,31-36H2,1-12H3,(H,59,70)(H,60,71)(H,73,74)/t39-,40+,44-,45-,46+,48+,51-,52-,53-,54+/m0/s1. The zero-order chi connectivity index (χ0) is 56.4. The van der Waals surface area contributed by atoms with Crippen LogP contribution in [0.4, 0.5) is 5.69 Å². The summed E-state index contributed by atoms with van der Waals surface area (Å²) in [5.74, 6) is -3.90. The Morgan fingerprint density at radius 3 is 2.07 bits per heavy atom. The average Bonchev–Trinajstić information content (AvgIpc) is 4.01. The van der Waals surface area contributed by atoms with Crippen LogP contribution in [-0.4, -0.2) is 175 Å². The number of carboxylic acids is 1. The zero-order valence-corrected chi connectivity index (χ0v) is 47.3. The smallest absolute Gasteiger partial charge is 0.326 e. The first kappa shape index (κ1) is 62.8. The molecular weight excluding hydrogens is 971 g/mol. The SMILES string of the molecule is CC[C@H](C)[C@@H]([C@@H](CC(=O)N1CCC[C@H]1[C@H](OC)[C@@H](C)C(=O)N[C@@H](Cc1ccccc1)C(=O)O)OC)N(C)C(=O)[C@@H](NC(=O)[C@H](C(C)C)N(C)CCc1ccc(N(C)C(=O)CCCCCN2C(=O)C=C[C@H]2O)cc1)C(C)C. The van der Waals surface area contributed by atoms with Crippen LogP contribution in [-0.2, 0) is 55.9 Å². The molecule has 2 aromatic carbocycles. The molecule has 0 radical (unpaired) electrons. The van der Waals surface area contributed by atoms with Crippen LogP contribution in [0.5, 0.6) is 0 Å². The molecule has 422 valence electrons. The maximum absolute atomic E-state index is 14.7. The lowest BCUT2D eigenvalue weighted by molar-refractivity contribution is -0.148. The normalized spacial score (nSPS) is 18.8. The first-order valence-corrected chi connectivity index (χ1v) is 27.3. The number of hydrogen-bond acceptors (Lipinski definition) is 11. The number of amides is 6. The number of likely N-dealkylation sites (N-methyl/N-ethyl adjacent to an activating group) is 2. The lowest BCUT2D eigenvalue weighted by Crippen LogP contribution is -2.60. The van der Waals surface area contributed by atoms with Gasteiger partial charge < -0.3 is 49.9 Å². The third kappa shape index (κ3) is 17.2. The van der Waals surface area contributed by atoms with Crippen molar-refractivity contribution in [1.82, 2.24) is 30.2 Å². The Hall–Kier alpha value is -5.69. The number of nitrogens with zero attached hydrogens (tertiary/aromatic N) is 5. The molecule has 76 heavy (non-hydrogen) atoms. The van der Waals surface area contributed by atoms with Gasteiger partial charge in [-0.05, 0) is 86.2 Å². The maximum atomic E-state index is 14.7. The van der Waals surface area contributed by atoms with E-state index in [4.69, 9.17) is 9.47 Å². The van der Waals surface area contributed by atoms with Crippen LogP contribution < -0.4 is 15.5 Å². The Bertz CT molecular complexity index is 2240. The van der Waals surface area contributed by atoms with E-state index in [1.54, 1.807) is 35.7 Å². The van der Waals surface area contributed by atoms with Crippen LogP contribution in [0.3, 0.4) is 0 Å². The molecular formula is C58H89N7O11. The Labute approximate surface area is 451 Å². The van der Waals surface area contributed by atoms with Crippen LogP contribution in [0.1, 0.15) is 111 Å². The van der Waals surface area contributed by atoms with Gasteiger partial charge in [0.05, 0.1) is 42.7 Å². The van der Waals surface area contributed by atoms with Crippen molar-refractivity contribution in [1.29, 1.82) is 0 Å². The van der Waals surface area contributed by atoms with Gasteiger partial charge in [-0.3, -0.25) is 33.7 Å². The summed E-state index contributed by atoms with van der Waals surface area (Å²) < 4.78 is 12.0. The predicted molar refractivity (Wildman–Crippen MR) is 293 cm³/mol. The van der Waals surface area contributed by atoms with Crippen molar-refractivity contribution < 1.29 is 53.2 Å². The quantitative estimate of drug-likeness (QED) is 0.0708. The fourth-order valence-electron chi connectivity index (χ4n) is 10.8. The van der Waals surface area contributed by atoms with E-state index in [1.165, 1.54) is 31.3 Å². The first-order chi connectivity index (χ1) is 36.1. The van der Waals surface area contributed by atoms with E-state index in [-0.39, 0.29) is 60.1 Å². The molecule has 4 rings (SSSR count). The molecule has 6 amide bonds. The average molecular weight is 1060 g/mol. The molecule has 0 unspecified atom stereocenters. The second-order valence-electron chi connectivity index (χ2n) is 21.6. The number of carbonyl (C=O) groups excluding carboxylic acids is 6. The highest BCUT2D eigenvalue weighted by molar-refractivity contribution is 5.93. The summed E-state index contributed by atoms with van der Waals surface area (Å²) in [5.41, 5.74) is 2.57. The fraction of sp³-hybridized carbons (Fsp3) is 0.638. The van der Waals surface area contributed by atoms with Crippen LogP contribution in [0.25, 0.3) is 0 Å². The van der Waals surface area contributed by atoms with Crippen LogP contribution in [0, 0.1) is 23.7 Å². The van der Waals surface area contributed by atoms with Crippen molar-refractivity contribution in [3.63, 3.8) is 0 Å². The third-order valence-electron chi connectivity index (χ3n) is 15.5. The van der Waals surface area contributed by atoms with E-state index in [1.807, 2.05) is 108 Å². The van der Waals surface area contributed by atoms with Crippen LogP contribution in [0.15, 0.2) is 66.7 Å². The predicted octanol–water partition coefficient (Wildman–Crippen LogP) is 5.30. The van der Waals surface area contributed by atoms with E-state index in [0.29, 0.717) is 64.6 Å². The molecule has 1 saturated heterocycles. The molecule has 2 heterocycles. The molecule has 0 spiro atoms. The van der Waals surface area contributed by atoms with Crippen molar-refractivity contribution in [2.75, 3.05) is 59.9 Å². The Morgan fingerprint density at radius 1 is 0.829 bits per heavy atom. The number of unbranched alkanes of at least 4 members (excludes halogenated alkanes) is 2. The van der Waals surface area contributed by atoms with Gasteiger partial charge in [0.15, 0.2) is 0 Å². The highest BCUT2D eigenvalue weighted by Gasteiger charge is 2.44. The summed E-state index contributed by atoms with van der Waals surface area (Å²) in [6.45, 7) is 14.9. The van der Waals surface area contributed by atoms with Gasteiger partial charge in [-0.1, -0.05) is 104 Å². The fourth-order valence-corrected chi connectivity index (χ4v) is 10.8. The molecule has 0 saturated carbocycles. The van der Waals surface area contributed by atoms with E-state index in [2.05, 4.69) is 10.6 Å². The second-order valence-corrected chi connectivity index (χ2v) is 21.6. The third-order valence-corrected chi connectivity index (χ3v) is 15.5. The number of hydrogen-bond donors (Lipinski definition) is 4. The number of likely N-dealkylation sites (tertiary alicyclic amines) is 1. The van der Waals surface area contributed by atoms with E-state index < -0.39 is 66.4 Å². The summed E-state index contributed by atoms with van der Waals surface area (Å²) >= 11 is 0. The minimum atomic E-state index is -1.15. The van der Waals surface area contributed by atoms with Crippen LogP contribution in [0.2, 0.25) is 0 Å². The number of rotatable bonds is 31. The number of anilines is 1. The Kier molecular flexibility index (Phi) is 25.1. The number of carbonyl (C=O) groups is 7. The van der Waals surface area contributed by atoms with Gasteiger partial charge in [-0.15, -0.1) is 0 Å². The lowest BCUT2D eigenvalue weighted by Gasteiger charge is -2.41. The number of methoxy groups -OCH3 is 2. The van der Waals surface area contributed by atoms with Crippen LogP contribution >= 0.6 is 0 Å². The van der Waals surface area contributed by atoms with Crippen molar-refractivity contribution in [3.05, 3.63) is 77.9 Å². The number of nitrogens with one attached hydrogen (secondary N) is 2. The van der Waals surface area contributed by atoms with E-state index in [9.17, 15) is 43.8 Å². The van der Waals surface area contributed by atoms with Crippen molar-refractivity contribution in [2.45, 2.75) is 161 Å². The molecule has 2 aliphatic rings. The number of aliphatic carboxylic acids is 1. The summed E-state index contributed by atoms with van der Waals surface area (Å²) in [5, 5.41) is 25.7. The lowest BCUT2D eigenvalue weighted by atomic mass is 9.89. The molecule has 4 N–H and O–H groups in total. The summed E-state index contributed by atoms with van der Waals surface area (Å²) in [6, 6.07) is 13.3. The number of carboxylic acid groups (broad SMARTS) is 1.